The standard InChI is InChI=1S/C19H26N2O3/c1-13-11-21(19(23)24)12-17(13)18(22)20-16-9-7-15(8-10-16)14-5-3-2-4-6-14/h7-10,13-14,17H,2-6,11-12H2,1H3,(H,20,22)(H,23,24). The average molecular weight is 330 g/mol. The number of carboxylic acid groups (broad SMARTS) is 1. The molecule has 1 aromatic rings. The van der Waals surface area contributed by atoms with Crippen molar-refractivity contribution in [3.8, 4) is 0 Å². The van der Waals surface area contributed by atoms with Crippen molar-refractivity contribution in [3.05, 3.63) is 29.8 Å². The number of nitrogens with one attached hydrogen (secondary N) is 1. The van der Waals surface area contributed by atoms with Crippen LogP contribution in [-0.2, 0) is 4.79 Å². The summed E-state index contributed by atoms with van der Waals surface area (Å²) in [5.41, 5.74) is 2.15. The van der Waals surface area contributed by atoms with Crippen LogP contribution in [0.5, 0.6) is 0 Å². The van der Waals surface area contributed by atoms with E-state index in [4.69, 9.17) is 5.11 Å². The summed E-state index contributed by atoms with van der Waals surface area (Å²) in [6.45, 7) is 2.63. The van der Waals surface area contributed by atoms with Gasteiger partial charge < -0.3 is 15.3 Å². The van der Waals surface area contributed by atoms with Crippen molar-refractivity contribution in [1.29, 1.82) is 0 Å². The van der Waals surface area contributed by atoms with E-state index in [0.717, 1.165) is 5.69 Å². The molecule has 3 rings (SSSR count). The molecule has 1 saturated heterocycles. The van der Waals surface area contributed by atoms with Crippen LogP contribution in [0.4, 0.5) is 10.5 Å². The van der Waals surface area contributed by atoms with Crippen molar-refractivity contribution in [2.24, 2.45) is 11.8 Å². The average Bonchev–Trinajstić information content (AvgIpc) is 2.99. The monoisotopic (exact) mass is 330 g/mol. The van der Waals surface area contributed by atoms with Crippen LogP contribution in [0.2, 0.25) is 0 Å². The number of carbonyl (C=O) groups excluding carboxylic acids is 1. The summed E-state index contributed by atoms with van der Waals surface area (Å²) in [7, 11) is 0. The minimum Gasteiger partial charge on any atom is -0.465 e. The van der Waals surface area contributed by atoms with Crippen LogP contribution < -0.4 is 5.32 Å². The van der Waals surface area contributed by atoms with Gasteiger partial charge in [-0.15, -0.1) is 0 Å². The number of benzene rings is 1. The summed E-state index contributed by atoms with van der Waals surface area (Å²) in [5.74, 6) is 0.334. The maximum atomic E-state index is 12.4. The van der Waals surface area contributed by atoms with Crippen LogP contribution in [0.1, 0.15) is 50.5 Å². The van der Waals surface area contributed by atoms with Crippen molar-refractivity contribution in [2.45, 2.75) is 44.9 Å². The topological polar surface area (TPSA) is 69.6 Å². The molecule has 2 amide bonds. The smallest absolute Gasteiger partial charge is 0.407 e. The van der Waals surface area contributed by atoms with E-state index < -0.39 is 6.09 Å². The van der Waals surface area contributed by atoms with Gasteiger partial charge in [-0.25, -0.2) is 4.79 Å². The molecule has 0 radical (unpaired) electrons. The Bertz CT molecular complexity index is 593. The molecule has 0 spiro atoms. The second-order valence-corrected chi connectivity index (χ2v) is 7.22. The van der Waals surface area contributed by atoms with Crippen LogP contribution in [0, 0.1) is 11.8 Å². The van der Waals surface area contributed by atoms with Gasteiger partial charge in [0.15, 0.2) is 0 Å². The molecule has 5 heteroatoms. The molecule has 24 heavy (non-hydrogen) atoms. The Balaban J connectivity index is 1.59. The Kier molecular flexibility index (Phi) is 5.07. The fourth-order valence-corrected chi connectivity index (χ4v) is 3.97. The lowest BCUT2D eigenvalue weighted by Crippen LogP contribution is -2.30. The minimum atomic E-state index is -0.950. The molecule has 1 saturated carbocycles. The minimum absolute atomic E-state index is 0.0441. The maximum absolute atomic E-state index is 12.4. The number of anilines is 1. The zero-order valence-electron chi connectivity index (χ0n) is 14.2. The number of hydrogen-bond acceptors (Lipinski definition) is 2. The van der Waals surface area contributed by atoms with Crippen molar-refractivity contribution >= 4 is 17.7 Å². The molecule has 1 aliphatic heterocycles. The van der Waals surface area contributed by atoms with Gasteiger partial charge in [-0.05, 0) is 42.4 Å². The molecule has 0 bridgehead atoms. The Morgan fingerprint density at radius 1 is 1.08 bits per heavy atom. The summed E-state index contributed by atoms with van der Waals surface area (Å²) in [4.78, 5) is 24.8. The third kappa shape index (κ3) is 3.71. The molecule has 1 heterocycles. The van der Waals surface area contributed by atoms with E-state index in [9.17, 15) is 9.59 Å². The fourth-order valence-electron chi connectivity index (χ4n) is 3.97. The summed E-state index contributed by atoms with van der Waals surface area (Å²) >= 11 is 0. The van der Waals surface area contributed by atoms with E-state index in [0.29, 0.717) is 12.5 Å². The zero-order chi connectivity index (χ0) is 17.1. The van der Waals surface area contributed by atoms with Gasteiger partial charge in [0.2, 0.25) is 5.91 Å². The number of rotatable bonds is 3. The highest BCUT2D eigenvalue weighted by molar-refractivity contribution is 5.93. The van der Waals surface area contributed by atoms with Crippen molar-refractivity contribution in [3.63, 3.8) is 0 Å². The van der Waals surface area contributed by atoms with Crippen LogP contribution in [0.15, 0.2) is 24.3 Å². The lowest BCUT2D eigenvalue weighted by Gasteiger charge is -2.22. The molecule has 2 fully saturated rings. The van der Waals surface area contributed by atoms with Crippen molar-refractivity contribution in [2.75, 3.05) is 18.4 Å². The van der Waals surface area contributed by atoms with Gasteiger partial charge in [0.1, 0.15) is 0 Å². The first-order valence-electron chi connectivity index (χ1n) is 8.93. The van der Waals surface area contributed by atoms with Gasteiger partial charge in [0, 0.05) is 18.8 Å². The van der Waals surface area contributed by atoms with Crippen LogP contribution >= 0.6 is 0 Å². The predicted octanol–water partition coefficient (Wildman–Crippen LogP) is 3.92. The van der Waals surface area contributed by atoms with E-state index in [1.165, 1.54) is 42.6 Å². The summed E-state index contributed by atoms with van der Waals surface area (Å²) in [6.07, 6.45) is 5.53. The second kappa shape index (κ2) is 7.24. The molecular weight excluding hydrogens is 304 g/mol. The van der Waals surface area contributed by atoms with E-state index in [-0.39, 0.29) is 24.3 Å². The van der Waals surface area contributed by atoms with Gasteiger partial charge in [-0.2, -0.15) is 0 Å². The Morgan fingerprint density at radius 2 is 1.75 bits per heavy atom. The normalized spacial score (nSPS) is 24.8. The molecule has 1 aromatic carbocycles. The van der Waals surface area contributed by atoms with E-state index in [2.05, 4.69) is 17.4 Å². The summed E-state index contributed by atoms with van der Waals surface area (Å²) in [6, 6.07) is 8.17. The fraction of sp³-hybridized carbons (Fsp3) is 0.579. The predicted molar refractivity (Wildman–Crippen MR) is 93.1 cm³/mol. The van der Waals surface area contributed by atoms with Gasteiger partial charge in [0.05, 0.1) is 5.92 Å². The van der Waals surface area contributed by atoms with E-state index >= 15 is 0 Å². The van der Waals surface area contributed by atoms with Crippen molar-refractivity contribution < 1.29 is 14.7 Å². The summed E-state index contributed by atoms with van der Waals surface area (Å²) < 4.78 is 0. The van der Waals surface area contributed by atoms with Crippen LogP contribution in [-0.4, -0.2) is 35.1 Å². The Labute approximate surface area is 143 Å². The number of carbonyl (C=O) groups is 2. The molecule has 2 unspecified atom stereocenters. The lowest BCUT2D eigenvalue weighted by molar-refractivity contribution is -0.120. The third-order valence-electron chi connectivity index (χ3n) is 5.47. The van der Waals surface area contributed by atoms with Gasteiger partial charge >= 0.3 is 6.09 Å². The molecule has 0 aromatic heterocycles. The second-order valence-electron chi connectivity index (χ2n) is 7.22. The number of amides is 2. The largest absolute Gasteiger partial charge is 0.465 e. The number of hydrogen-bond donors (Lipinski definition) is 2. The molecule has 2 aliphatic rings. The zero-order valence-corrected chi connectivity index (χ0v) is 14.2. The first kappa shape index (κ1) is 16.8. The Hall–Kier alpha value is -2.04. The Morgan fingerprint density at radius 3 is 2.33 bits per heavy atom. The van der Waals surface area contributed by atoms with Gasteiger partial charge in [-0.3, -0.25) is 4.79 Å². The highest BCUT2D eigenvalue weighted by Crippen LogP contribution is 2.33. The molecular formula is C19H26N2O3. The number of nitrogens with zero attached hydrogens (tertiary/aromatic N) is 1. The maximum Gasteiger partial charge on any atom is 0.407 e. The number of likely N-dealkylation sites (tertiary alicyclic amines) is 1. The third-order valence-corrected chi connectivity index (χ3v) is 5.47. The van der Waals surface area contributed by atoms with Crippen LogP contribution in [0.3, 0.4) is 0 Å². The quantitative estimate of drug-likeness (QED) is 0.882. The molecule has 2 N–H and O–H groups in total. The molecule has 130 valence electrons. The van der Waals surface area contributed by atoms with Gasteiger partial charge in [-0.1, -0.05) is 38.3 Å². The molecule has 1 aliphatic carbocycles. The highest BCUT2D eigenvalue weighted by atomic mass is 16.4. The first-order valence-corrected chi connectivity index (χ1v) is 8.93. The highest BCUT2D eigenvalue weighted by Gasteiger charge is 2.36. The first-order chi connectivity index (χ1) is 11.5. The molecule has 5 nitrogen and oxygen atoms in total. The lowest BCUT2D eigenvalue weighted by atomic mass is 9.84. The SMILES string of the molecule is CC1CN(C(=O)O)CC1C(=O)Nc1ccc(C2CCCCC2)cc1. The van der Waals surface area contributed by atoms with Crippen LogP contribution in [0.25, 0.3) is 0 Å². The van der Waals surface area contributed by atoms with E-state index in [1.54, 1.807) is 0 Å². The van der Waals surface area contributed by atoms with Gasteiger partial charge in [0.25, 0.3) is 0 Å². The van der Waals surface area contributed by atoms with E-state index in [1.807, 2.05) is 19.1 Å². The summed E-state index contributed by atoms with van der Waals surface area (Å²) in [5, 5.41) is 12.0. The van der Waals surface area contributed by atoms with Crippen molar-refractivity contribution in [1.82, 2.24) is 4.90 Å². The molecule has 2 atom stereocenters.